The summed E-state index contributed by atoms with van der Waals surface area (Å²) in [5.74, 6) is -0.199. The summed E-state index contributed by atoms with van der Waals surface area (Å²) in [6.45, 7) is 4.48. The van der Waals surface area contributed by atoms with Crippen LogP contribution in [0.4, 0.5) is 5.69 Å². The molecule has 1 atom stereocenters. The number of halogens is 1. The highest BCUT2D eigenvalue weighted by atomic mass is 35.5. The molecule has 0 bridgehead atoms. The standard InChI is InChI=1S/C13H19ClN4O3/c1-8(2)10(17(3)4)6-16-13(19)9-5-12(14)15-7-11(9)18(20)21/h5,7-8,10H,6H2,1-4H3,(H,16,19). The van der Waals surface area contributed by atoms with E-state index in [4.69, 9.17) is 11.6 Å². The van der Waals surface area contributed by atoms with E-state index in [-0.39, 0.29) is 22.4 Å². The van der Waals surface area contributed by atoms with Crippen LogP contribution in [0.3, 0.4) is 0 Å². The van der Waals surface area contributed by atoms with E-state index in [2.05, 4.69) is 10.3 Å². The average molecular weight is 315 g/mol. The quantitative estimate of drug-likeness (QED) is 0.492. The second-order valence-corrected chi connectivity index (χ2v) is 5.65. The molecule has 1 rings (SSSR count). The Kier molecular flexibility index (Phi) is 6.04. The van der Waals surface area contributed by atoms with Crippen LogP contribution < -0.4 is 5.32 Å². The van der Waals surface area contributed by atoms with Crippen molar-refractivity contribution in [2.75, 3.05) is 20.6 Å². The maximum absolute atomic E-state index is 12.2. The second-order valence-electron chi connectivity index (χ2n) is 5.27. The molecule has 1 N–H and O–H groups in total. The predicted octanol–water partition coefficient (Wildman–Crippen LogP) is 1.96. The lowest BCUT2D eigenvalue weighted by Gasteiger charge is -2.28. The number of nitro groups is 1. The third kappa shape index (κ3) is 4.64. The van der Waals surface area contributed by atoms with Crippen molar-refractivity contribution in [3.8, 4) is 0 Å². The number of rotatable bonds is 6. The summed E-state index contributed by atoms with van der Waals surface area (Å²) in [4.78, 5) is 28.1. The van der Waals surface area contributed by atoms with Crippen molar-refractivity contribution in [3.05, 3.63) is 33.1 Å². The van der Waals surface area contributed by atoms with Crippen LogP contribution in [0, 0.1) is 16.0 Å². The van der Waals surface area contributed by atoms with E-state index in [9.17, 15) is 14.9 Å². The smallest absolute Gasteiger partial charge is 0.300 e. The molecule has 0 saturated heterocycles. The van der Waals surface area contributed by atoms with Gasteiger partial charge in [0.1, 0.15) is 16.9 Å². The second kappa shape index (κ2) is 7.33. The van der Waals surface area contributed by atoms with Gasteiger partial charge < -0.3 is 10.2 Å². The predicted molar refractivity (Wildman–Crippen MR) is 80.5 cm³/mol. The van der Waals surface area contributed by atoms with Gasteiger partial charge in [-0.3, -0.25) is 14.9 Å². The van der Waals surface area contributed by atoms with Crippen molar-refractivity contribution in [2.24, 2.45) is 5.92 Å². The minimum atomic E-state index is -0.649. The Hall–Kier alpha value is -1.73. The Bertz CT molecular complexity index is 526. The minimum Gasteiger partial charge on any atom is -0.350 e. The van der Waals surface area contributed by atoms with E-state index in [1.165, 1.54) is 6.07 Å². The molecule has 1 unspecified atom stereocenters. The number of hydrogen-bond acceptors (Lipinski definition) is 5. The first kappa shape index (κ1) is 17.3. The van der Waals surface area contributed by atoms with Crippen LogP contribution >= 0.6 is 11.6 Å². The lowest BCUT2D eigenvalue weighted by molar-refractivity contribution is -0.385. The molecule has 116 valence electrons. The average Bonchev–Trinajstić information content (AvgIpc) is 2.37. The van der Waals surface area contributed by atoms with Gasteiger partial charge in [-0.1, -0.05) is 25.4 Å². The maximum atomic E-state index is 12.2. The van der Waals surface area contributed by atoms with E-state index in [1.54, 1.807) is 0 Å². The number of hydrogen-bond donors (Lipinski definition) is 1. The molecular formula is C13H19ClN4O3. The van der Waals surface area contributed by atoms with Gasteiger partial charge in [0.2, 0.25) is 0 Å². The van der Waals surface area contributed by atoms with E-state index in [1.807, 2.05) is 32.8 Å². The van der Waals surface area contributed by atoms with Gasteiger partial charge >= 0.3 is 0 Å². The van der Waals surface area contributed by atoms with Gasteiger partial charge in [0.05, 0.1) is 4.92 Å². The molecule has 0 saturated carbocycles. The van der Waals surface area contributed by atoms with Crippen molar-refractivity contribution in [1.29, 1.82) is 0 Å². The normalized spacial score (nSPS) is 12.5. The Morgan fingerprint density at radius 1 is 1.52 bits per heavy atom. The van der Waals surface area contributed by atoms with E-state index >= 15 is 0 Å². The first-order chi connectivity index (χ1) is 9.73. The molecule has 21 heavy (non-hydrogen) atoms. The number of carbonyl (C=O) groups excluding carboxylic acids is 1. The molecule has 1 aromatic heterocycles. The molecule has 0 spiro atoms. The van der Waals surface area contributed by atoms with Crippen molar-refractivity contribution in [2.45, 2.75) is 19.9 Å². The Labute approximate surface area is 128 Å². The summed E-state index contributed by atoms with van der Waals surface area (Å²) in [7, 11) is 3.84. The summed E-state index contributed by atoms with van der Waals surface area (Å²) < 4.78 is 0. The summed E-state index contributed by atoms with van der Waals surface area (Å²) in [5, 5.41) is 13.7. The first-order valence-corrected chi connectivity index (χ1v) is 6.86. The highest BCUT2D eigenvalue weighted by Crippen LogP contribution is 2.20. The fourth-order valence-corrected chi connectivity index (χ4v) is 2.21. The zero-order valence-electron chi connectivity index (χ0n) is 12.5. The number of pyridine rings is 1. The number of aromatic nitrogens is 1. The molecule has 1 amide bonds. The summed E-state index contributed by atoms with van der Waals surface area (Å²) in [6, 6.07) is 1.33. The zero-order chi connectivity index (χ0) is 16.2. The highest BCUT2D eigenvalue weighted by Gasteiger charge is 2.23. The van der Waals surface area contributed by atoms with Gasteiger partial charge in [0, 0.05) is 12.6 Å². The van der Waals surface area contributed by atoms with Crippen molar-refractivity contribution < 1.29 is 9.72 Å². The van der Waals surface area contributed by atoms with E-state index in [0.717, 1.165) is 6.20 Å². The fourth-order valence-electron chi connectivity index (χ4n) is 2.06. The molecule has 0 aliphatic heterocycles. The molecule has 1 aromatic rings. The third-order valence-electron chi connectivity index (χ3n) is 3.20. The lowest BCUT2D eigenvalue weighted by atomic mass is 10.0. The third-order valence-corrected chi connectivity index (χ3v) is 3.40. The molecule has 7 nitrogen and oxygen atoms in total. The molecule has 8 heteroatoms. The van der Waals surface area contributed by atoms with Crippen LogP contribution in [0.15, 0.2) is 12.3 Å². The van der Waals surface area contributed by atoms with Crippen LogP contribution in [0.5, 0.6) is 0 Å². The van der Waals surface area contributed by atoms with Crippen LogP contribution in [-0.4, -0.2) is 47.4 Å². The molecular weight excluding hydrogens is 296 g/mol. The molecule has 0 aliphatic carbocycles. The SMILES string of the molecule is CC(C)C(CNC(=O)c1cc(Cl)ncc1[N+](=O)[O-])N(C)C. The van der Waals surface area contributed by atoms with Crippen LogP contribution in [0.1, 0.15) is 24.2 Å². The number of nitrogens with one attached hydrogen (secondary N) is 1. The topological polar surface area (TPSA) is 88.4 Å². The molecule has 0 fully saturated rings. The van der Waals surface area contributed by atoms with Gasteiger partial charge in [-0.25, -0.2) is 4.98 Å². The van der Waals surface area contributed by atoms with E-state index < -0.39 is 10.8 Å². The van der Waals surface area contributed by atoms with E-state index in [0.29, 0.717) is 12.5 Å². The Balaban J connectivity index is 2.89. The van der Waals surface area contributed by atoms with Gasteiger partial charge in [-0.15, -0.1) is 0 Å². The van der Waals surface area contributed by atoms with Gasteiger partial charge in [-0.05, 0) is 26.1 Å². The van der Waals surface area contributed by atoms with Crippen molar-refractivity contribution >= 4 is 23.2 Å². The summed E-state index contributed by atoms with van der Waals surface area (Å²) >= 11 is 5.71. The number of carbonyl (C=O) groups is 1. The molecule has 0 aromatic carbocycles. The lowest BCUT2D eigenvalue weighted by Crippen LogP contribution is -2.43. The summed E-state index contributed by atoms with van der Waals surface area (Å²) in [5.41, 5.74) is -0.441. The molecule has 0 aliphatic rings. The first-order valence-electron chi connectivity index (χ1n) is 6.48. The number of likely N-dealkylation sites (N-methyl/N-ethyl adjacent to an activating group) is 1. The minimum absolute atomic E-state index is 0.0405. The van der Waals surface area contributed by atoms with Crippen LogP contribution in [0.25, 0.3) is 0 Å². The maximum Gasteiger partial charge on any atom is 0.300 e. The Morgan fingerprint density at radius 2 is 2.14 bits per heavy atom. The number of nitrogens with zero attached hydrogens (tertiary/aromatic N) is 3. The number of amides is 1. The van der Waals surface area contributed by atoms with Crippen molar-refractivity contribution in [3.63, 3.8) is 0 Å². The largest absolute Gasteiger partial charge is 0.350 e. The summed E-state index contributed by atoms with van der Waals surface area (Å²) in [6.07, 6.45) is 0.989. The van der Waals surface area contributed by atoms with Crippen LogP contribution in [0.2, 0.25) is 5.15 Å². The monoisotopic (exact) mass is 314 g/mol. The van der Waals surface area contributed by atoms with Crippen LogP contribution in [-0.2, 0) is 0 Å². The van der Waals surface area contributed by atoms with Gasteiger partial charge in [0.25, 0.3) is 11.6 Å². The zero-order valence-corrected chi connectivity index (χ0v) is 13.2. The molecule has 1 heterocycles. The van der Waals surface area contributed by atoms with Gasteiger partial charge in [-0.2, -0.15) is 0 Å². The Morgan fingerprint density at radius 3 is 2.62 bits per heavy atom. The van der Waals surface area contributed by atoms with Gasteiger partial charge in [0.15, 0.2) is 0 Å². The fraction of sp³-hybridized carbons (Fsp3) is 0.538. The van der Waals surface area contributed by atoms with Crippen molar-refractivity contribution in [1.82, 2.24) is 15.2 Å². The highest BCUT2D eigenvalue weighted by molar-refractivity contribution is 6.29. The molecule has 0 radical (unpaired) electrons.